The molecule has 0 aliphatic heterocycles. The first-order valence-electron chi connectivity index (χ1n) is 7.75. The predicted octanol–water partition coefficient (Wildman–Crippen LogP) is 5.72. The van der Waals surface area contributed by atoms with E-state index in [4.69, 9.17) is 9.47 Å². The van der Waals surface area contributed by atoms with E-state index in [-0.39, 0.29) is 0 Å². The minimum atomic E-state index is -5.62. The van der Waals surface area contributed by atoms with E-state index < -0.39 is 40.7 Å². The highest BCUT2D eigenvalue weighted by Crippen LogP contribution is 2.38. The second-order valence-electron chi connectivity index (χ2n) is 5.34. The molecule has 0 saturated carbocycles. The fraction of sp³-hybridized carbons (Fsp3) is 0.235. The van der Waals surface area contributed by atoms with Crippen LogP contribution in [0.15, 0.2) is 17.2 Å². The molecule has 2 rings (SSSR count). The smallest absolute Gasteiger partial charge is 0.422 e. The Labute approximate surface area is 173 Å². The van der Waals surface area contributed by atoms with Gasteiger partial charge < -0.3 is 9.47 Å². The molecule has 0 aliphatic carbocycles. The Morgan fingerprint density at radius 3 is 2.14 bits per heavy atom. The van der Waals surface area contributed by atoms with E-state index in [0.717, 1.165) is 6.21 Å². The molecule has 2 aromatic rings. The number of ether oxygens (including phenoxy) is 2. The average molecular weight is 536 g/mol. The van der Waals surface area contributed by atoms with Crippen LogP contribution in [0.2, 0.25) is 0 Å². The van der Waals surface area contributed by atoms with Crippen molar-refractivity contribution >= 4 is 34.5 Å². The minimum Gasteiger partial charge on any atom is -0.493 e. The van der Waals surface area contributed by atoms with Crippen molar-refractivity contribution in [1.29, 1.82) is 0 Å². The molecule has 2 aromatic carbocycles. The molecule has 0 aromatic heterocycles. The number of nitrogens with zero attached hydrogens (tertiary/aromatic N) is 1. The number of hydrogen-bond acceptors (Lipinski definition) is 4. The van der Waals surface area contributed by atoms with Crippen LogP contribution in [-0.4, -0.2) is 19.9 Å². The maximum atomic E-state index is 13.8. The van der Waals surface area contributed by atoms with Crippen LogP contribution in [0.4, 0.5) is 36.4 Å². The van der Waals surface area contributed by atoms with Gasteiger partial charge in [0, 0.05) is 0 Å². The number of anilines is 1. The van der Waals surface area contributed by atoms with Crippen LogP contribution in [-0.2, 0) is 6.18 Å². The fourth-order valence-electron chi connectivity index (χ4n) is 2.25. The van der Waals surface area contributed by atoms with Crippen LogP contribution in [0.25, 0.3) is 0 Å². The van der Waals surface area contributed by atoms with Gasteiger partial charge in [-0.25, -0.2) is 17.6 Å². The topological polar surface area (TPSA) is 42.8 Å². The van der Waals surface area contributed by atoms with Crippen molar-refractivity contribution in [3.05, 3.63) is 50.1 Å². The minimum absolute atomic E-state index is 0.323. The first kappa shape index (κ1) is 23.0. The van der Waals surface area contributed by atoms with Crippen LogP contribution >= 0.6 is 22.6 Å². The van der Waals surface area contributed by atoms with Crippen molar-refractivity contribution in [2.24, 2.45) is 5.10 Å². The van der Waals surface area contributed by atoms with Crippen LogP contribution in [0, 0.1) is 26.8 Å². The third-order valence-corrected chi connectivity index (χ3v) is 4.28. The highest BCUT2D eigenvalue weighted by Gasteiger charge is 2.42. The number of halogens is 8. The van der Waals surface area contributed by atoms with Gasteiger partial charge >= 0.3 is 6.18 Å². The van der Waals surface area contributed by atoms with Gasteiger partial charge in [0.2, 0.25) is 0 Å². The summed E-state index contributed by atoms with van der Waals surface area (Å²) in [7, 11) is 1.38. The summed E-state index contributed by atoms with van der Waals surface area (Å²) in [4.78, 5) is 0. The monoisotopic (exact) mass is 536 g/mol. The summed E-state index contributed by atoms with van der Waals surface area (Å²) in [6.07, 6.45) is -4.60. The zero-order valence-corrected chi connectivity index (χ0v) is 16.9. The number of benzene rings is 2. The first-order chi connectivity index (χ1) is 13.5. The number of methoxy groups -OCH3 is 1. The highest BCUT2D eigenvalue weighted by molar-refractivity contribution is 14.1. The van der Waals surface area contributed by atoms with Crippen molar-refractivity contribution in [3.8, 4) is 11.5 Å². The van der Waals surface area contributed by atoms with Crippen LogP contribution in [0.5, 0.6) is 11.5 Å². The van der Waals surface area contributed by atoms with Crippen molar-refractivity contribution in [2.75, 3.05) is 19.1 Å². The van der Waals surface area contributed by atoms with Gasteiger partial charge in [-0.3, -0.25) is 5.43 Å². The molecule has 0 fully saturated rings. The third-order valence-electron chi connectivity index (χ3n) is 3.48. The lowest BCUT2D eigenvalue weighted by molar-refractivity contribution is -0.143. The molecule has 0 amide bonds. The molecule has 0 heterocycles. The molecule has 12 heteroatoms. The van der Waals surface area contributed by atoms with E-state index in [9.17, 15) is 30.7 Å². The van der Waals surface area contributed by atoms with Gasteiger partial charge in [0.25, 0.3) is 0 Å². The molecule has 29 heavy (non-hydrogen) atoms. The maximum Gasteiger partial charge on any atom is 0.422 e. The number of hydrogen-bond donors (Lipinski definition) is 1. The Bertz CT molecular complexity index is 920. The third kappa shape index (κ3) is 4.85. The van der Waals surface area contributed by atoms with E-state index in [1.54, 1.807) is 18.4 Å². The normalized spacial score (nSPS) is 11.8. The molecule has 158 valence electrons. The zero-order chi connectivity index (χ0) is 21.9. The van der Waals surface area contributed by atoms with Crippen molar-refractivity contribution in [3.63, 3.8) is 0 Å². The van der Waals surface area contributed by atoms with Gasteiger partial charge in [-0.2, -0.15) is 18.3 Å². The molecule has 1 N–H and O–H groups in total. The second kappa shape index (κ2) is 9.05. The summed E-state index contributed by atoms with van der Waals surface area (Å²) in [5, 5.41) is 3.43. The van der Waals surface area contributed by atoms with Crippen molar-refractivity contribution < 1.29 is 40.2 Å². The van der Waals surface area contributed by atoms with E-state index in [1.807, 2.05) is 22.6 Å². The van der Waals surface area contributed by atoms with Gasteiger partial charge in [-0.05, 0) is 47.2 Å². The van der Waals surface area contributed by atoms with Gasteiger partial charge in [-0.15, -0.1) is 0 Å². The van der Waals surface area contributed by atoms with Gasteiger partial charge in [0.15, 0.2) is 34.8 Å². The molecule has 0 atom stereocenters. The van der Waals surface area contributed by atoms with Crippen molar-refractivity contribution in [2.45, 2.75) is 13.1 Å². The van der Waals surface area contributed by atoms with E-state index in [2.05, 4.69) is 5.10 Å². The van der Waals surface area contributed by atoms with Crippen LogP contribution in [0.3, 0.4) is 0 Å². The lowest BCUT2D eigenvalue weighted by atomic mass is 10.1. The average Bonchev–Trinajstić information content (AvgIpc) is 2.63. The van der Waals surface area contributed by atoms with Gasteiger partial charge in [0.1, 0.15) is 11.3 Å². The second-order valence-corrected chi connectivity index (χ2v) is 6.50. The van der Waals surface area contributed by atoms with Crippen LogP contribution in [0.1, 0.15) is 18.1 Å². The molecule has 0 saturated heterocycles. The Morgan fingerprint density at radius 2 is 1.66 bits per heavy atom. The molecule has 0 unspecified atom stereocenters. The standard InChI is InChI=1S/C17H12F7IN2O2/c1-3-29-16-8(25)4-7(5-9(16)28-2)6-26-27-15-13(20)11(18)10(17(22,23)24)12(19)14(15)21/h4-6,27H,3H2,1-2H3/b26-6-. The lowest BCUT2D eigenvalue weighted by Gasteiger charge is -2.13. The molecule has 0 bridgehead atoms. The summed E-state index contributed by atoms with van der Waals surface area (Å²) >= 11 is 1.94. The Morgan fingerprint density at radius 1 is 1.07 bits per heavy atom. The van der Waals surface area contributed by atoms with E-state index in [0.29, 0.717) is 27.2 Å². The first-order valence-corrected chi connectivity index (χ1v) is 8.83. The van der Waals surface area contributed by atoms with Crippen LogP contribution < -0.4 is 14.9 Å². The van der Waals surface area contributed by atoms with E-state index >= 15 is 0 Å². The molecule has 0 spiro atoms. The van der Waals surface area contributed by atoms with E-state index in [1.165, 1.54) is 13.2 Å². The molecule has 4 nitrogen and oxygen atoms in total. The summed E-state index contributed by atoms with van der Waals surface area (Å²) in [5.74, 6) is -8.90. The van der Waals surface area contributed by atoms with Gasteiger partial charge in [-0.1, -0.05) is 0 Å². The molecular formula is C17H12F7IN2O2. The number of nitrogens with one attached hydrogen (secondary N) is 1. The highest BCUT2D eigenvalue weighted by atomic mass is 127. The molecule has 0 aliphatic rings. The number of hydrazone groups is 1. The predicted molar refractivity (Wildman–Crippen MR) is 99.4 cm³/mol. The summed E-state index contributed by atoms with van der Waals surface area (Å²) < 4.78 is 104. The maximum absolute atomic E-state index is 13.8. The Balaban J connectivity index is 2.38. The number of alkyl halides is 3. The largest absolute Gasteiger partial charge is 0.493 e. The summed E-state index contributed by atoms with van der Waals surface area (Å²) in [6, 6.07) is 3.01. The molecular weight excluding hydrogens is 524 g/mol. The summed E-state index contributed by atoms with van der Waals surface area (Å²) in [5.41, 5.74) is -2.13. The SMILES string of the molecule is CCOc1c(I)cc(/C=N\Nc2c(F)c(F)c(C(F)(F)F)c(F)c2F)cc1OC. The number of rotatable bonds is 6. The zero-order valence-electron chi connectivity index (χ0n) is 14.7. The molecule has 0 radical (unpaired) electrons. The Kier molecular flexibility index (Phi) is 7.19. The Hall–Kier alpha value is -2.25. The summed E-state index contributed by atoms with van der Waals surface area (Å²) in [6.45, 7) is 2.13. The van der Waals surface area contributed by atoms with Gasteiger partial charge in [0.05, 0.1) is 23.5 Å². The lowest BCUT2D eigenvalue weighted by Crippen LogP contribution is -2.16. The fourth-order valence-corrected chi connectivity index (χ4v) is 3.03. The quantitative estimate of drug-likeness (QED) is 0.169. The van der Waals surface area contributed by atoms with Crippen molar-refractivity contribution in [1.82, 2.24) is 0 Å².